The third-order valence-electron chi connectivity index (χ3n) is 2.95. The van der Waals surface area contributed by atoms with Gasteiger partial charge < -0.3 is 4.90 Å². The number of rotatable bonds is 2. The molecular formula is C13H16N3+. The van der Waals surface area contributed by atoms with Crippen LogP contribution in [-0.4, -0.2) is 18.0 Å². The van der Waals surface area contributed by atoms with Crippen molar-refractivity contribution in [1.29, 1.82) is 5.39 Å². The largest absolute Gasteiger partial charge is 0.374 e. The maximum Gasteiger partial charge on any atom is 0.374 e. The molecule has 0 atom stereocenters. The molecule has 0 N–H and O–H groups in total. The van der Waals surface area contributed by atoms with Crippen molar-refractivity contribution >= 4 is 5.70 Å². The van der Waals surface area contributed by atoms with Gasteiger partial charge in [-0.1, -0.05) is 30.3 Å². The van der Waals surface area contributed by atoms with E-state index in [1.165, 1.54) is 19.3 Å². The second-order valence-electron chi connectivity index (χ2n) is 4.04. The van der Waals surface area contributed by atoms with Crippen LogP contribution >= 0.6 is 0 Å². The molecule has 0 unspecified atom stereocenters. The summed E-state index contributed by atoms with van der Waals surface area (Å²) in [4.78, 5) is 5.47. The quantitative estimate of drug-likeness (QED) is 0.707. The minimum absolute atomic E-state index is 1.02. The van der Waals surface area contributed by atoms with E-state index >= 15 is 0 Å². The van der Waals surface area contributed by atoms with Crippen molar-refractivity contribution in [2.24, 2.45) is 0 Å². The van der Waals surface area contributed by atoms with Crippen LogP contribution in [0.5, 0.6) is 0 Å². The average Bonchev–Trinajstić information content (AvgIpc) is 2.38. The van der Waals surface area contributed by atoms with Crippen molar-refractivity contribution in [2.75, 3.05) is 13.1 Å². The van der Waals surface area contributed by atoms with Crippen LogP contribution in [0.1, 0.15) is 24.8 Å². The van der Waals surface area contributed by atoms with Gasteiger partial charge in [0, 0.05) is 18.7 Å². The SMILES string of the molecule is N#[N+]/C=C(\c1ccccc1)N1CCCCC1. The van der Waals surface area contributed by atoms with E-state index in [-0.39, 0.29) is 0 Å². The lowest BCUT2D eigenvalue weighted by molar-refractivity contribution is 0.326. The maximum absolute atomic E-state index is 8.75. The summed E-state index contributed by atoms with van der Waals surface area (Å²) in [6.45, 7) is 2.10. The Morgan fingerprint density at radius 3 is 2.44 bits per heavy atom. The molecule has 0 spiro atoms. The fourth-order valence-corrected chi connectivity index (χ4v) is 2.14. The molecule has 1 aromatic carbocycles. The molecule has 1 aliphatic heterocycles. The number of hydrogen-bond donors (Lipinski definition) is 0. The smallest absolute Gasteiger partial charge is 0.365 e. The second-order valence-corrected chi connectivity index (χ2v) is 4.04. The van der Waals surface area contributed by atoms with E-state index in [0.29, 0.717) is 0 Å². The lowest BCUT2D eigenvalue weighted by Crippen LogP contribution is -2.28. The van der Waals surface area contributed by atoms with Crippen LogP contribution in [0.2, 0.25) is 0 Å². The molecule has 3 heteroatoms. The van der Waals surface area contributed by atoms with Gasteiger partial charge in [0.25, 0.3) is 0 Å². The number of nitrogens with zero attached hydrogens (tertiary/aromatic N) is 3. The van der Waals surface area contributed by atoms with Crippen molar-refractivity contribution in [3.05, 3.63) is 47.1 Å². The van der Waals surface area contributed by atoms with Crippen LogP contribution in [-0.2, 0) is 0 Å². The molecule has 16 heavy (non-hydrogen) atoms. The van der Waals surface area contributed by atoms with Gasteiger partial charge in [-0.3, -0.25) is 0 Å². The van der Waals surface area contributed by atoms with Crippen LogP contribution in [0.15, 0.2) is 36.5 Å². The molecule has 0 bridgehead atoms. The van der Waals surface area contributed by atoms with Gasteiger partial charge in [0.1, 0.15) is 5.70 Å². The topological polar surface area (TPSA) is 31.4 Å². The van der Waals surface area contributed by atoms with Crippen molar-refractivity contribution in [3.63, 3.8) is 0 Å². The highest BCUT2D eigenvalue weighted by atomic mass is 15.1. The first-order valence-electron chi connectivity index (χ1n) is 5.76. The van der Waals surface area contributed by atoms with E-state index < -0.39 is 0 Å². The van der Waals surface area contributed by atoms with E-state index in [4.69, 9.17) is 5.39 Å². The van der Waals surface area contributed by atoms with E-state index in [2.05, 4.69) is 9.88 Å². The molecule has 0 aromatic heterocycles. The molecule has 1 saturated heterocycles. The number of piperidine rings is 1. The Hall–Kier alpha value is -1.82. The molecule has 0 radical (unpaired) electrons. The molecular weight excluding hydrogens is 198 g/mol. The number of hydrogen-bond acceptors (Lipinski definition) is 2. The van der Waals surface area contributed by atoms with Crippen LogP contribution in [0.4, 0.5) is 0 Å². The fraction of sp³-hybridized carbons (Fsp3) is 0.385. The number of likely N-dealkylation sites (tertiary alicyclic amines) is 1. The van der Waals surface area contributed by atoms with Crippen molar-refractivity contribution in [3.8, 4) is 0 Å². The molecule has 2 rings (SSSR count). The van der Waals surface area contributed by atoms with Gasteiger partial charge in [0.15, 0.2) is 4.98 Å². The Morgan fingerprint density at radius 2 is 1.81 bits per heavy atom. The standard InChI is InChI=1S/C13H16N3/c14-15-11-13(12-7-3-1-4-8-12)16-9-5-2-6-10-16/h1,3-4,7-8,11H,2,5-6,9-10H2/q+1/b13-11+. The zero-order chi connectivity index (χ0) is 11.2. The van der Waals surface area contributed by atoms with Gasteiger partial charge in [-0.2, -0.15) is 0 Å². The van der Waals surface area contributed by atoms with Crippen molar-refractivity contribution in [2.45, 2.75) is 19.3 Å². The summed E-state index contributed by atoms with van der Waals surface area (Å²) in [6.07, 6.45) is 5.28. The Balaban J connectivity index is 2.24. The molecule has 1 aliphatic rings. The normalized spacial score (nSPS) is 16.9. The van der Waals surface area contributed by atoms with Crippen LogP contribution in [0.3, 0.4) is 0 Å². The van der Waals surface area contributed by atoms with E-state index in [1.807, 2.05) is 30.3 Å². The maximum atomic E-state index is 8.75. The molecule has 0 amide bonds. The third kappa shape index (κ3) is 2.40. The summed E-state index contributed by atoms with van der Waals surface area (Å²) in [5, 5.41) is 8.75. The molecule has 1 aromatic rings. The molecule has 1 heterocycles. The third-order valence-corrected chi connectivity index (χ3v) is 2.95. The summed E-state index contributed by atoms with van der Waals surface area (Å²) in [7, 11) is 0. The summed E-state index contributed by atoms with van der Waals surface area (Å²) < 4.78 is 0. The number of diazo groups is 1. The van der Waals surface area contributed by atoms with Gasteiger partial charge in [0.05, 0.1) is 0 Å². The first-order valence-corrected chi connectivity index (χ1v) is 5.76. The first-order chi connectivity index (χ1) is 7.92. The minimum Gasteiger partial charge on any atom is -0.365 e. The first kappa shape index (κ1) is 10.7. The van der Waals surface area contributed by atoms with Crippen LogP contribution in [0, 0.1) is 5.39 Å². The van der Waals surface area contributed by atoms with Crippen molar-refractivity contribution < 1.29 is 0 Å². The highest BCUT2D eigenvalue weighted by Crippen LogP contribution is 2.23. The van der Waals surface area contributed by atoms with Gasteiger partial charge in [-0.25, -0.2) is 0 Å². The summed E-state index contributed by atoms with van der Waals surface area (Å²) >= 11 is 0. The van der Waals surface area contributed by atoms with Crippen molar-refractivity contribution in [1.82, 2.24) is 4.90 Å². The monoisotopic (exact) mass is 214 g/mol. The summed E-state index contributed by atoms with van der Waals surface area (Å²) in [5.41, 5.74) is 2.13. The molecule has 3 nitrogen and oxygen atoms in total. The van der Waals surface area contributed by atoms with E-state index in [0.717, 1.165) is 24.4 Å². The van der Waals surface area contributed by atoms with E-state index in [1.54, 1.807) is 6.20 Å². The van der Waals surface area contributed by atoms with Gasteiger partial charge in [-0.05, 0) is 19.3 Å². The zero-order valence-corrected chi connectivity index (χ0v) is 9.34. The van der Waals surface area contributed by atoms with E-state index in [9.17, 15) is 0 Å². The molecule has 0 aliphatic carbocycles. The second kappa shape index (κ2) is 5.32. The minimum atomic E-state index is 1.02. The number of benzene rings is 1. The fourth-order valence-electron chi connectivity index (χ4n) is 2.14. The summed E-state index contributed by atoms with van der Waals surface area (Å²) in [6, 6.07) is 10.1. The van der Waals surface area contributed by atoms with Crippen LogP contribution < -0.4 is 0 Å². The predicted molar refractivity (Wildman–Crippen MR) is 64.9 cm³/mol. The zero-order valence-electron chi connectivity index (χ0n) is 9.34. The Labute approximate surface area is 96.0 Å². The molecule has 82 valence electrons. The Morgan fingerprint density at radius 1 is 1.12 bits per heavy atom. The molecule has 1 fully saturated rings. The lowest BCUT2D eigenvalue weighted by Gasteiger charge is -2.28. The predicted octanol–water partition coefficient (Wildman–Crippen LogP) is 3.32. The highest BCUT2D eigenvalue weighted by Gasteiger charge is 2.17. The average molecular weight is 214 g/mol. The highest BCUT2D eigenvalue weighted by molar-refractivity contribution is 5.64. The van der Waals surface area contributed by atoms with Gasteiger partial charge in [-0.15, -0.1) is 0 Å². The Kier molecular flexibility index (Phi) is 3.55. The van der Waals surface area contributed by atoms with Crippen LogP contribution in [0.25, 0.3) is 10.7 Å². The Bertz CT molecular complexity index is 397. The molecule has 0 saturated carbocycles. The summed E-state index contributed by atoms with van der Waals surface area (Å²) in [5.74, 6) is 0. The van der Waals surface area contributed by atoms with Gasteiger partial charge >= 0.3 is 6.20 Å². The van der Waals surface area contributed by atoms with Gasteiger partial charge in [0.2, 0.25) is 5.39 Å². The lowest BCUT2D eigenvalue weighted by atomic mass is 10.1.